The average Bonchev–Trinajstić information content (AvgIpc) is 2.29. The van der Waals surface area contributed by atoms with Gasteiger partial charge in [-0.1, -0.05) is 30.3 Å². The molecule has 0 saturated carbocycles. The molecule has 1 unspecified atom stereocenters. The molecule has 0 saturated heterocycles. The third-order valence-corrected chi connectivity index (χ3v) is 2.72. The molecule has 0 heterocycles. The number of carbonyl (C=O) groups excluding carboxylic acids is 1. The first kappa shape index (κ1) is 17.3. The molecule has 0 radical (unpaired) electrons. The number of carbonyl (C=O) groups is 1. The summed E-state index contributed by atoms with van der Waals surface area (Å²) in [6.07, 6.45) is 0.531. The Balaban J connectivity index is 0.00000289. The van der Waals surface area contributed by atoms with Gasteiger partial charge in [-0.2, -0.15) is 0 Å². The van der Waals surface area contributed by atoms with Gasteiger partial charge in [-0.3, -0.25) is 0 Å². The number of aldehydes is 1. The molecule has 0 aliphatic carbocycles. The number of benzene rings is 1. The van der Waals surface area contributed by atoms with Crippen molar-refractivity contribution in [2.45, 2.75) is 19.6 Å². The zero-order valence-corrected chi connectivity index (χ0v) is 12.9. The predicted molar refractivity (Wildman–Crippen MR) is 68.6 cm³/mol. The quantitative estimate of drug-likeness (QED) is 0.470. The molecule has 0 N–H and O–H groups in total. The molecule has 1 aromatic rings. The Hall–Kier alpha value is -0.710. The second-order valence-corrected chi connectivity index (χ2v) is 5.02. The highest BCUT2D eigenvalue weighted by molar-refractivity contribution is 5.55. The van der Waals surface area contributed by atoms with E-state index in [0.717, 1.165) is 23.9 Å². The van der Waals surface area contributed by atoms with E-state index in [9.17, 15) is 4.79 Å². The lowest BCUT2D eigenvalue weighted by atomic mass is 10.2. The molecule has 0 amide bonds. The van der Waals surface area contributed by atoms with E-state index in [1.54, 1.807) is 6.92 Å². The molecule has 1 aromatic carbocycles. The van der Waals surface area contributed by atoms with Gasteiger partial charge in [0.2, 0.25) is 0 Å². The van der Waals surface area contributed by atoms with Crippen molar-refractivity contribution in [2.24, 2.45) is 0 Å². The van der Waals surface area contributed by atoms with Crippen LogP contribution in [0.15, 0.2) is 30.3 Å². The van der Waals surface area contributed by atoms with E-state index in [0.29, 0.717) is 6.61 Å². The zero-order valence-electron chi connectivity index (χ0n) is 11.3. The summed E-state index contributed by atoms with van der Waals surface area (Å²) in [6, 6.07) is 10.4. The molecular weight excluding hydrogens is 294 g/mol. The number of likely N-dealkylation sites (N-methyl/N-ethyl adjacent to an activating group) is 1. The fourth-order valence-electron chi connectivity index (χ4n) is 1.68. The van der Waals surface area contributed by atoms with Gasteiger partial charge >= 0.3 is 0 Å². The van der Waals surface area contributed by atoms with Gasteiger partial charge in [0.15, 0.2) is 0 Å². The van der Waals surface area contributed by atoms with Crippen LogP contribution in [0.5, 0.6) is 0 Å². The van der Waals surface area contributed by atoms with Crippen molar-refractivity contribution in [3.05, 3.63) is 35.9 Å². The van der Waals surface area contributed by atoms with Crippen molar-refractivity contribution >= 4 is 6.29 Å². The lowest BCUT2D eigenvalue weighted by molar-refractivity contribution is -0.904. The largest absolute Gasteiger partial charge is 1.00 e. The minimum atomic E-state index is -0.299. The van der Waals surface area contributed by atoms with Crippen molar-refractivity contribution in [1.29, 1.82) is 0 Å². The number of ether oxygens (including phenoxy) is 1. The predicted octanol–water partition coefficient (Wildman–Crippen LogP) is -1.13. The third-order valence-electron chi connectivity index (χ3n) is 2.72. The summed E-state index contributed by atoms with van der Waals surface area (Å²) in [5.41, 5.74) is 1.32. The highest BCUT2D eigenvalue weighted by Crippen LogP contribution is 2.08. The topological polar surface area (TPSA) is 26.3 Å². The highest BCUT2D eigenvalue weighted by Gasteiger charge is 2.16. The number of halogens is 1. The van der Waals surface area contributed by atoms with E-state index in [2.05, 4.69) is 38.4 Å². The fourth-order valence-corrected chi connectivity index (χ4v) is 1.68. The normalized spacial score (nSPS) is 12.6. The van der Waals surface area contributed by atoms with Crippen LogP contribution in [0.3, 0.4) is 0 Å². The highest BCUT2D eigenvalue weighted by atomic mass is 79.9. The molecule has 1 atom stereocenters. The molecular formula is C14H22BrNO2. The van der Waals surface area contributed by atoms with Crippen molar-refractivity contribution < 1.29 is 31.0 Å². The van der Waals surface area contributed by atoms with Gasteiger partial charge in [-0.25, -0.2) is 0 Å². The molecule has 4 heteroatoms. The summed E-state index contributed by atoms with van der Waals surface area (Å²) in [5.74, 6) is 0. The molecule has 0 bridgehead atoms. The zero-order chi connectivity index (χ0) is 12.7. The first-order chi connectivity index (χ1) is 8.03. The Kier molecular flexibility index (Phi) is 8.07. The second kappa shape index (κ2) is 8.40. The van der Waals surface area contributed by atoms with Crippen molar-refractivity contribution in [2.75, 3.05) is 27.2 Å². The monoisotopic (exact) mass is 315 g/mol. The molecule has 0 aliphatic rings. The van der Waals surface area contributed by atoms with Crippen molar-refractivity contribution in [3.63, 3.8) is 0 Å². The summed E-state index contributed by atoms with van der Waals surface area (Å²) in [5, 5.41) is 0. The Morgan fingerprint density at radius 3 is 2.44 bits per heavy atom. The lowest BCUT2D eigenvalue weighted by Crippen LogP contribution is -3.00. The molecule has 0 fully saturated rings. The number of hydrogen-bond donors (Lipinski definition) is 0. The number of hydrogen-bond acceptors (Lipinski definition) is 2. The SMILES string of the molecule is CC(C=O)OCC[N+](C)(C)Cc1ccccc1.[Br-]. The van der Waals surface area contributed by atoms with Crippen molar-refractivity contribution in [3.8, 4) is 0 Å². The van der Waals surface area contributed by atoms with Gasteiger partial charge in [-0.05, 0) is 6.92 Å². The van der Waals surface area contributed by atoms with Gasteiger partial charge in [0.25, 0.3) is 0 Å². The van der Waals surface area contributed by atoms with Gasteiger partial charge in [-0.15, -0.1) is 0 Å². The molecule has 3 nitrogen and oxygen atoms in total. The Morgan fingerprint density at radius 2 is 1.89 bits per heavy atom. The van der Waals surface area contributed by atoms with Crippen LogP contribution in [0.25, 0.3) is 0 Å². The lowest BCUT2D eigenvalue weighted by Gasteiger charge is -2.30. The maximum absolute atomic E-state index is 10.4. The fraction of sp³-hybridized carbons (Fsp3) is 0.500. The van der Waals surface area contributed by atoms with Crippen LogP contribution < -0.4 is 17.0 Å². The maximum atomic E-state index is 10.4. The van der Waals surface area contributed by atoms with Crippen LogP contribution in [0.4, 0.5) is 0 Å². The van der Waals surface area contributed by atoms with Crippen LogP contribution in [-0.4, -0.2) is 44.1 Å². The van der Waals surface area contributed by atoms with Crippen LogP contribution in [0, 0.1) is 0 Å². The Morgan fingerprint density at radius 1 is 1.28 bits per heavy atom. The second-order valence-electron chi connectivity index (χ2n) is 5.02. The first-order valence-corrected chi connectivity index (χ1v) is 5.96. The van der Waals surface area contributed by atoms with Gasteiger partial charge < -0.3 is 31.0 Å². The molecule has 0 aromatic heterocycles. The smallest absolute Gasteiger partial charge is 0.148 e. The number of quaternary nitrogens is 1. The molecule has 18 heavy (non-hydrogen) atoms. The minimum Gasteiger partial charge on any atom is -1.00 e. The first-order valence-electron chi connectivity index (χ1n) is 5.96. The number of nitrogens with zero attached hydrogens (tertiary/aromatic N) is 1. The van der Waals surface area contributed by atoms with Gasteiger partial charge in [0.1, 0.15) is 25.5 Å². The minimum absolute atomic E-state index is 0. The summed E-state index contributed by atoms with van der Waals surface area (Å²) >= 11 is 0. The maximum Gasteiger partial charge on any atom is 0.148 e. The summed E-state index contributed by atoms with van der Waals surface area (Å²) < 4.78 is 6.24. The van der Waals surface area contributed by atoms with Crippen LogP contribution in [0.2, 0.25) is 0 Å². The van der Waals surface area contributed by atoms with Crippen LogP contribution >= 0.6 is 0 Å². The summed E-state index contributed by atoms with van der Waals surface area (Å²) in [6.45, 7) is 4.25. The molecule has 1 rings (SSSR count). The Bertz CT molecular complexity index is 341. The molecule has 0 spiro atoms. The average molecular weight is 316 g/mol. The third kappa shape index (κ3) is 6.89. The van der Waals surface area contributed by atoms with E-state index >= 15 is 0 Å². The Labute approximate surface area is 120 Å². The van der Waals surface area contributed by atoms with E-state index in [4.69, 9.17) is 4.74 Å². The van der Waals surface area contributed by atoms with Crippen LogP contribution in [0.1, 0.15) is 12.5 Å². The standard InChI is InChI=1S/C14H22NO2.BrH/c1-13(12-16)17-10-9-15(2,3)11-14-7-5-4-6-8-14;/h4-8,12-13H,9-11H2,1-3H3;1H/q+1;/p-1. The summed E-state index contributed by atoms with van der Waals surface area (Å²) in [7, 11) is 4.34. The van der Waals surface area contributed by atoms with Gasteiger partial charge in [0.05, 0.1) is 20.7 Å². The molecule has 102 valence electrons. The van der Waals surface area contributed by atoms with E-state index in [1.165, 1.54) is 5.56 Å². The van der Waals surface area contributed by atoms with Crippen molar-refractivity contribution in [1.82, 2.24) is 0 Å². The van der Waals surface area contributed by atoms with E-state index < -0.39 is 0 Å². The molecule has 0 aliphatic heterocycles. The summed E-state index contributed by atoms with van der Waals surface area (Å²) in [4.78, 5) is 10.4. The van der Waals surface area contributed by atoms with Crippen LogP contribution in [-0.2, 0) is 16.1 Å². The number of rotatable bonds is 7. The van der Waals surface area contributed by atoms with Gasteiger partial charge in [0, 0.05) is 5.56 Å². The van der Waals surface area contributed by atoms with E-state index in [1.807, 2.05) is 6.07 Å². The van der Waals surface area contributed by atoms with E-state index in [-0.39, 0.29) is 23.1 Å².